The Balaban J connectivity index is 1.93. The zero-order valence-electron chi connectivity index (χ0n) is 18.1. The molecule has 0 atom stereocenters. The quantitative estimate of drug-likeness (QED) is 0.224. The van der Waals surface area contributed by atoms with Gasteiger partial charge in [-0.25, -0.2) is 4.98 Å². The molecule has 5 nitrogen and oxygen atoms in total. The Morgan fingerprint density at radius 3 is 2.53 bits per heavy atom. The van der Waals surface area contributed by atoms with Gasteiger partial charge in [0.25, 0.3) is 5.56 Å². The Labute approximate surface area is 185 Å². The molecule has 2 heterocycles. The molecule has 160 valence electrons. The Morgan fingerprint density at radius 1 is 1.23 bits per heavy atom. The van der Waals surface area contributed by atoms with E-state index >= 15 is 0 Å². The van der Waals surface area contributed by atoms with E-state index in [1.807, 2.05) is 0 Å². The van der Waals surface area contributed by atoms with Crippen molar-refractivity contribution in [2.24, 2.45) is 0 Å². The highest BCUT2D eigenvalue weighted by atomic mass is 32.2. The summed E-state index contributed by atoms with van der Waals surface area (Å²) in [6.07, 6.45) is 1.89. The molecule has 0 saturated heterocycles. The van der Waals surface area contributed by atoms with Crippen molar-refractivity contribution < 1.29 is 9.53 Å². The summed E-state index contributed by atoms with van der Waals surface area (Å²) in [6, 6.07) is 8.50. The number of methoxy groups -OCH3 is 1. The van der Waals surface area contributed by atoms with Gasteiger partial charge in [-0.15, -0.1) is 11.3 Å². The number of benzene rings is 1. The molecule has 0 amide bonds. The number of carbonyl (C=O) groups excluding carboxylic acids is 1. The van der Waals surface area contributed by atoms with E-state index < -0.39 is 0 Å². The van der Waals surface area contributed by atoms with Gasteiger partial charge in [0.2, 0.25) is 0 Å². The van der Waals surface area contributed by atoms with Crippen molar-refractivity contribution in [3.8, 4) is 11.1 Å². The summed E-state index contributed by atoms with van der Waals surface area (Å²) >= 11 is 3.04. The maximum absolute atomic E-state index is 13.0. The van der Waals surface area contributed by atoms with E-state index in [2.05, 4.69) is 61.7 Å². The topological polar surface area (TPSA) is 72.0 Å². The number of aromatic nitrogens is 2. The minimum atomic E-state index is -0.222. The minimum Gasteiger partial charge on any atom is -0.469 e. The SMILES string of the molecule is CCc1sc2nc(SCCCC(=O)OC)[nH]c(=O)c2c1-c1ccc(C(C)(C)C)cc1. The van der Waals surface area contributed by atoms with Crippen LogP contribution < -0.4 is 5.56 Å². The molecule has 2 aromatic heterocycles. The molecule has 0 unspecified atom stereocenters. The number of aryl methyl sites for hydroxylation is 1. The molecule has 7 heteroatoms. The molecule has 3 rings (SSSR count). The van der Waals surface area contributed by atoms with Gasteiger partial charge in [0.15, 0.2) is 5.16 Å². The van der Waals surface area contributed by atoms with E-state index in [9.17, 15) is 9.59 Å². The number of nitrogens with one attached hydrogen (secondary N) is 1. The molecule has 0 aliphatic heterocycles. The van der Waals surface area contributed by atoms with E-state index in [1.165, 1.54) is 29.3 Å². The van der Waals surface area contributed by atoms with Gasteiger partial charge in [-0.2, -0.15) is 0 Å². The highest BCUT2D eigenvalue weighted by Crippen LogP contribution is 2.37. The number of hydrogen-bond donors (Lipinski definition) is 1. The zero-order chi connectivity index (χ0) is 21.9. The number of fused-ring (bicyclic) bond motifs is 1. The van der Waals surface area contributed by atoms with Crippen molar-refractivity contribution in [1.29, 1.82) is 0 Å². The maximum Gasteiger partial charge on any atom is 0.305 e. The Morgan fingerprint density at radius 2 is 1.93 bits per heavy atom. The van der Waals surface area contributed by atoms with Crippen LogP contribution in [0.1, 0.15) is 51.0 Å². The number of nitrogens with zero attached hydrogens (tertiary/aromatic N) is 1. The molecule has 0 aliphatic carbocycles. The molecule has 0 bridgehead atoms. The number of thiophene rings is 1. The summed E-state index contributed by atoms with van der Waals surface area (Å²) in [5, 5.41) is 1.26. The highest BCUT2D eigenvalue weighted by Gasteiger charge is 2.19. The second-order valence-corrected chi connectivity index (χ2v) is 10.3. The number of H-pyrrole nitrogens is 1. The van der Waals surface area contributed by atoms with Crippen molar-refractivity contribution >= 4 is 39.3 Å². The first-order chi connectivity index (χ1) is 14.2. The van der Waals surface area contributed by atoms with Crippen LogP contribution in [0.5, 0.6) is 0 Å². The smallest absolute Gasteiger partial charge is 0.305 e. The van der Waals surface area contributed by atoms with Gasteiger partial charge in [0.05, 0.1) is 12.5 Å². The Bertz CT molecular complexity index is 1090. The number of carbonyl (C=O) groups is 1. The lowest BCUT2D eigenvalue weighted by atomic mass is 9.86. The van der Waals surface area contributed by atoms with Gasteiger partial charge in [-0.1, -0.05) is 63.7 Å². The van der Waals surface area contributed by atoms with Crippen molar-refractivity contribution in [3.63, 3.8) is 0 Å². The molecule has 0 fully saturated rings. The third-order valence-corrected chi connectivity index (χ3v) is 7.15. The van der Waals surface area contributed by atoms with Gasteiger partial charge in [0.1, 0.15) is 4.83 Å². The van der Waals surface area contributed by atoms with E-state index in [4.69, 9.17) is 4.98 Å². The van der Waals surface area contributed by atoms with Gasteiger partial charge < -0.3 is 9.72 Å². The van der Waals surface area contributed by atoms with Crippen LogP contribution >= 0.6 is 23.1 Å². The lowest BCUT2D eigenvalue weighted by molar-refractivity contribution is -0.140. The maximum atomic E-state index is 13.0. The predicted octanol–water partition coefficient (Wildman–Crippen LogP) is 5.56. The number of ether oxygens (including phenoxy) is 1. The molecule has 3 aromatic rings. The van der Waals surface area contributed by atoms with Crippen LogP contribution in [-0.2, 0) is 21.4 Å². The summed E-state index contributed by atoms with van der Waals surface area (Å²) < 4.78 is 4.66. The van der Waals surface area contributed by atoms with E-state index in [0.29, 0.717) is 29.1 Å². The first-order valence-corrected chi connectivity index (χ1v) is 11.9. The summed E-state index contributed by atoms with van der Waals surface area (Å²) in [4.78, 5) is 33.7. The van der Waals surface area contributed by atoms with Crippen molar-refractivity contribution in [2.45, 2.75) is 57.5 Å². The normalized spacial score (nSPS) is 11.8. The average molecular weight is 445 g/mol. The first kappa shape index (κ1) is 22.6. The van der Waals surface area contributed by atoms with Crippen molar-refractivity contribution in [2.75, 3.05) is 12.9 Å². The zero-order valence-corrected chi connectivity index (χ0v) is 19.8. The largest absolute Gasteiger partial charge is 0.469 e. The van der Waals surface area contributed by atoms with Crippen molar-refractivity contribution in [1.82, 2.24) is 9.97 Å². The summed E-state index contributed by atoms with van der Waals surface area (Å²) in [5.41, 5.74) is 3.29. The molecule has 0 radical (unpaired) electrons. The van der Waals surface area contributed by atoms with Crippen LogP contribution in [0, 0.1) is 0 Å². The molecule has 0 aliphatic rings. The highest BCUT2D eigenvalue weighted by molar-refractivity contribution is 7.99. The Kier molecular flexibility index (Phi) is 7.03. The number of hydrogen-bond acceptors (Lipinski definition) is 6. The Hall–Kier alpha value is -2.12. The number of aromatic amines is 1. The fourth-order valence-corrected chi connectivity index (χ4v) is 5.28. The van der Waals surface area contributed by atoms with Gasteiger partial charge in [-0.3, -0.25) is 9.59 Å². The van der Waals surface area contributed by atoms with Crippen LogP contribution in [0.3, 0.4) is 0 Å². The van der Waals surface area contributed by atoms with Crippen LogP contribution in [0.15, 0.2) is 34.2 Å². The third kappa shape index (κ3) is 4.95. The van der Waals surface area contributed by atoms with E-state index in [1.54, 1.807) is 11.3 Å². The lowest BCUT2D eigenvalue weighted by Gasteiger charge is -2.19. The number of rotatable bonds is 7. The standard InChI is InChI=1S/C23H28N2O3S2/c1-6-16-18(14-9-11-15(12-10-14)23(2,3)4)19-20(27)24-22(25-21(19)30-16)29-13-7-8-17(26)28-5/h9-12H,6-8,13H2,1-5H3,(H,24,25,27). The first-order valence-electron chi connectivity index (χ1n) is 10.1. The van der Waals surface area contributed by atoms with E-state index in [-0.39, 0.29) is 16.9 Å². The molecular weight excluding hydrogens is 416 g/mol. The molecule has 1 aromatic carbocycles. The lowest BCUT2D eigenvalue weighted by Crippen LogP contribution is -2.11. The molecular formula is C23H28N2O3S2. The summed E-state index contributed by atoms with van der Waals surface area (Å²) in [5.74, 6) is 0.469. The fraction of sp³-hybridized carbons (Fsp3) is 0.435. The molecule has 0 spiro atoms. The molecule has 1 N–H and O–H groups in total. The van der Waals surface area contributed by atoms with Gasteiger partial charge in [-0.05, 0) is 29.4 Å². The second-order valence-electron chi connectivity index (χ2n) is 8.16. The fourth-order valence-electron chi connectivity index (χ4n) is 3.28. The third-order valence-electron chi connectivity index (χ3n) is 4.97. The average Bonchev–Trinajstić information content (AvgIpc) is 3.09. The van der Waals surface area contributed by atoms with Gasteiger partial charge >= 0.3 is 5.97 Å². The van der Waals surface area contributed by atoms with Crippen LogP contribution in [0.4, 0.5) is 0 Å². The molecule has 30 heavy (non-hydrogen) atoms. The predicted molar refractivity (Wildman–Crippen MR) is 126 cm³/mol. The second kappa shape index (κ2) is 9.35. The minimum absolute atomic E-state index is 0.0852. The van der Waals surface area contributed by atoms with Gasteiger partial charge in [0, 0.05) is 22.6 Å². The van der Waals surface area contributed by atoms with E-state index in [0.717, 1.165) is 22.4 Å². The number of esters is 1. The number of thioether (sulfide) groups is 1. The molecule has 0 saturated carbocycles. The summed E-state index contributed by atoms with van der Waals surface area (Å²) in [7, 11) is 1.39. The monoisotopic (exact) mass is 444 g/mol. The van der Waals surface area contributed by atoms with Crippen LogP contribution in [-0.4, -0.2) is 28.8 Å². The van der Waals surface area contributed by atoms with Crippen LogP contribution in [0.25, 0.3) is 21.3 Å². The summed E-state index contributed by atoms with van der Waals surface area (Å²) in [6.45, 7) is 8.68. The van der Waals surface area contributed by atoms with Crippen molar-refractivity contribution in [3.05, 3.63) is 45.1 Å². The van der Waals surface area contributed by atoms with Crippen LogP contribution in [0.2, 0.25) is 0 Å².